The third-order valence-electron chi connectivity index (χ3n) is 3.90. The molecule has 0 aliphatic carbocycles. The molecule has 4 nitrogen and oxygen atoms in total. The van der Waals surface area contributed by atoms with E-state index in [1.165, 1.54) is 6.07 Å². The third-order valence-corrected chi connectivity index (χ3v) is 6.63. The number of benzene rings is 1. The van der Waals surface area contributed by atoms with Crippen LogP contribution in [0, 0.1) is 5.92 Å². The summed E-state index contributed by atoms with van der Waals surface area (Å²) in [6, 6.07) is 3.02. The van der Waals surface area contributed by atoms with Crippen molar-refractivity contribution in [2.75, 3.05) is 6.54 Å². The van der Waals surface area contributed by atoms with Crippen LogP contribution in [0.5, 0.6) is 0 Å². The molecule has 0 spiro atoms. The summed E-state index contributed by atoms with van der Waals surface area (Å²) in [4.78, 5) is 0.0599. The van der Waals surface area contributed by atoms with Crippen molar-refractivity contribution in [3.63, 3.8) is 0 Å². The minimum atomic E-state index is -3.66. The summed E-state index contributed by atoms with van der Waals surface area (Å²) >= 11 is 12.2. The van der Waals surface area contributed by atoms with E-state index in [9.17, 15) is 8.42 Å². The van der Waals surface area contributed by atoms with E-state index >= 15 is 0 Å². The summed E-state index contributed by atoms with van der Waals surface area (Å²) in [7, 11) is -3.66. The lowest BCUT2D eigenvalue weighted by Crippen LogP contribution is -2.38. The fourth-order valence-electron chi connectivity index (χ4n) is 2.81. The Balaban J connectivity index is 2.52. The molecule has 118 valence electrons. The Kier molecular flexibility index (Phi) is 5.21. The smallest absolute Gasteiger partial charge is 0.244 e. The molecule has 0 bridgehead atoms. The topological polar surface area (TPSA) is 63.4 Å². The second-order valence-corrected chi connectivity index (χ2v) is 8.32. The molecule has 1 saturated heterocycles. The lowest BCUT2D eigenvalue weighted by Gasteiger charge is -2.27. The SMILES string of the molecule is CC(C)C1CCCN1S(=O)(=O)c1cc(Cl)cc(CN)c1Cl. The molecule has 1 fully saturated rings. The van der Waals surface area contributed by atoms with Crippen LogP contribution < -0.4 is 5.73 Å². The van der Waals surface area contributed by atoms with E-state index in [0.29, 0.717) is 17.1 Å². The second-order valence-electron chi connectivity index (χ2n) is 5.65. The van der Waals surface area contributed by atoms with Gasteiger partial charge in [-0.1, -0.05) is 37.0 Å². The van der Waals surface area contributed by atoms with Crippen molar-refractivity contribution in [3.05, 3.63) is 27.7 Å². The van der Waals surface area contributed by atoms with E-state index in [4.69, 9.17) is 28.9 Å². The standard InChI is InChI=1S/C14H20Cl2N2O2S/c1-9(2)12-4-3-5-18(12)21(19,20)13-7-11(15)6-10(8-17)14(13)16/h6-7,9,12H,3-5,8,17H2,1-2H3. The Morgan fingerprint density at radius 1 is 1.38 bits per heavy atom. The van der Waals surface area contributed by atoms with Crippen LogP contribution in [0.4, 0.5) is 0 Å². The Labute approximate surface area is 136 Å². The van der Waals surface area contributed by atoms with E-state index in [0.717, 1.165) is 12.8 Å². The number of hydrogen-bond donors (Lipinski definition) is 1. The summed E-state index contributed by atoms with van der Waals surface area (Å²) in [5, 5.41) is 0.509. The van der Waals surface area contributed by atoms with Crippen LogP contribution in [0.1, 0.15) is 32.3 Å². The van der Waals surface area contributed by atoms with Crippen LogP contribution in [-0.2, 0) is 16.6 Å². The zero-order valence-electron chi connectivity index (χ0n) is 12.1. The number of hydrogen-bond acceptors (Lipinski definition) is 3. The maximum atomic E-state index is 12.9. The number of rotatable bonds is 4. The predicted molar refractivity (Wildman–Crippen MR) is 86.1 cm³/mol. The van der Waals surface area contributed by atoms with Crippen molar-refractivity contribution >= 4 is 33.2 Å². The van der Waals surface area contributed by atoms with Gasteiger partial charge in [-0.05, 0) is 36.5 Å². The maximum absolute atomic E-state index is 12.9. The van der Waals surface area contributed by atoms with Gasteiger partial charge in [-0.25, -0.2) is 8.42 Å². The van der Waals surface area contributed by atoms with E-state index in [1.807, 2.05) is 13.8 Å². The summed E-state index contributed by atoms with van der Waals surface area (Å²) in [6.07, 6.45) is 1.74. The van der Waals surface area contributed by atoms with Gasteiger partial charge in [-0.2, -0.15) is 4.31 Å². The van der Waals surface area contributed by atoms with E-state index in [-0.39, 0.29) is 28.4 Å². The quantitative estimate of drug-likeness (QED) is 0.906. The molecule has 1 heterocycles. The Morgan fingerprint density at radius 2 is 2.05 bits per heavy atom. The molecule has 21 heavy (non-hydrogen) atoms. The lowest BCUT2D eigenvalue weighted by molar-refractivity contribution is 0.316. The monoisotopic (exact) mass is 350 g/mol. The number of nitrogens with two attached hydrogens (primary N) is 1. The van der Waals surface area contributed by atoms with Gasteiger partial charge in [0.25, 0.3) is 0 Å². The van der Waals surface area contributed by atoms with Gasteiger partial charge in [-0.15, -0.1) is 0 Å². The highest BCUT2D eigenvalue weighted by atomic mass is 35.5. The molecule has 2 rings (SSSR count). The zero-order chi connectivity index (χ0) is 15.8. The van der Waals surface area contributed by atoms with E-state index in [1.54, 1.807) is 10.4 Å². The molecule has 1 unspecified atom stereocenters. The third kappa shape index (κ3) is 3.22. The second kappa shape index (κ2) is 6.42. The van der Waals surface area contributed by atoms with Gasteiger partial charge in [0.2, 0.25) is 10.0 Å². The van der Waals surface area contributed by atoms with Gasteiger partial charge in [0, 0.05) is 24.2 Å². The highest BCUT2D eigenvalue weighted by Crippen LogP contribution is 2.35. The van der Waals surface area contributed by atoms with Crippen molar-refractivity contribution in [1.29, 1.82) is 0 Å². The Hall–Kier alpha value is -0.330. The molecule has 7 heteroatoms. The first-order valence-corrected chi connectivity index (χ1v) is 9.18. The largest absolute Gasteiger partial charge is 0.326 e. The maximum Gasteiger partial charge on any atom is 0.244 e. The van der Waals surface area contributed by atoms with E-state index < -0.39 is 10.0 Å². The molecule has 1 aliphatic heterocycles. The van der Waals surface area contributed by atoms with Crippen LogP contribution in [0.25, 0.3) is 0 Å². The molecule has 0 amide bonds. The molecule has 1 atom stereocenters. The van der Waals surface area contributed by atoms with Crippen LogP contribution in [0.3, 0.4) is 0 Å². The Morgan fingerprint density at radius 3 is 2.62 bits per heavy atom. The van der Waals surface area contributed by atoms with Gasteiger partial charge in [0.15, 0.2) is 0 Å². The fraction of sp³-hybridized carbons (Fsp3) is 0.571. The average Bonchev–Trinajstić information content (AvgIpc) is 2.91. The summed E-state index contributed by atoms with van der Waals surface area (Å²) < 4.78 is 27.4. The van der Waals surface area contributed by atoms with Crippen LogP contribution in [-0.4, -0.2) is 25.3 Å². The van der Waals surface area contributed by atoms with Crippen LogP contribution in [0.15, 0.2) is 17.0 Å². The minimum Gasteiger partial charge on any atom is -0.326 e. The predicted octanol–water partition coefficient (Wildman–Crippen LogP) is 3.26. The fourth-order valence-corrected chi connectivity index (χ4v) is 5.56. The molecule has 2 N–H and O–H groups in total. The van der Waals surface area contributed by atoms with E-state index in [2.05, 4.69) is 0 Å². The van der Waals surface area contributed by atoms with Crippen LogP contribution >= 0.6 is 23.2 Å². The number of halogens is 2. The van der Waals surface area contributed by atoms with Gasteiger partial charge in [0.05, 0.1) is 5.02 Å². The van der Waals surface area contributed by atoms with Gasteiger partial charge in [-0.3, -0.25) is 0 Å². The molecule has 0 saturated carbocycles. The zero-order valence-corrected chi connectivity index (χ0v) is 14.5. The first kappa shape index (κ1) is 17.0. The lowest BCUT2D eigenvalue weighted by atomic mass is 10.0. The average molecular weight is 351 g/mol. The summed E-state index contributed by atoms with van der Waals surface area (Å²) in [5.74, 6) is 0.259. The minimum absolute atomic E-state index is 0.00590. The van der Waals surface area contributed by atoms with Crippen molar-refractivity contribution in [2.24, 2.45) is 11.7 Å². The molecule has 1 aromatic carbocycles. The first-order valence-electron chi connectivity index (χ1n) is 6.99. The van der Waals surface area contributed by atoms with Crippen molar-refractivity contribution in [1.82, 2.24) is 4.31 Å². The molecule has 0 aromatic heterocycles. The van der Waals surface area contributed by atoms with Crippen molar-refractivity contribution in [3.8, 4) is 0 Å². The normalized spacial score (nSPS) is 20.4. The highest BCUT2D eigenvalue weighted by molar-refractivity contribution is 7.89. The van der Waals surface area contributed by atoms with Gasteiger partial charge >= 0.3 is 0 Å². The van der Waals surface area contributed by atoms with Crippen molar-refractivity contribution < 1.29 is 8.42 Å². The molecule has 1 aromatic rings. The van der Waals surface area contributed by atoms with Crippen LogP contribution in [0.2, 0.25) is 10.0 Å². The number of nitrogens with zero attached hydrogens (tertiary/aromatic N) is 1. The van der Waals surface area contributed by atoms with Crippen molar-refractivity contribution in [2.45, 2.75) is 44.2 Å². The molecule has 1 aliphatic rings. The first-order chi connectivity index (χ1) is 9.78. The molecular weight excluding hydrogens is 331 g/mol. The Bertz CT molecular complexity index is 632. The van der Waals surface area contributed by atoms with Gasteiger partial charge in [0.1, 0.15) is 4.90 Å². The number of sulfonamides is 1. The summed E-state index contributed by atoms with van der Waals surface area (Å²) in [5.41, 5.74) is 6.15. The molecular formula is C14H20Cl2N2O2S. The van der Waals surface area contributed by atoms with Gasteiger partial charge < -0.3 is 5.73 Å². The molecule has 0 radical (unpaired) electrons. The summed E-state index contributed by atoms with van der Waals surface area (Å²) in [6.45, 7) is 4.73. The highest BCUT2D eigenvalue weighted by Gasteiger charge is 2.38.